The van der Waals surface area contributed by atoms with Gasteiger partial charge in [0.2, 0.25) is 0 Å². The summed E-state index contributed by atoms with van der Waals surface area (Å²) in [5, 5.41) is 26.5. The molecule has 0 saturated carbocycles. The molecule has 0 amide bonds. The Morgan fingerprint density at radius 3 is 0.742 bits per heavy atom. The first kappa shape index (κ1) is 66.3. The molecule has 4 nitrogen and oxygen atoms in total. The van der Waals surface area contributed by atoms with Crippen LogP contribution in [-0.4, -0.2) is 41.0 Å². The van der Waals surface area contributed by atoms with E-state index < -0.39 is 229 Å². The summed E-state index contributed by atoms with van der Waals surface area (Å²) in [6, 6.07) is 8.04. The number of aliphatic hydroxyl groups is 2. The monoisotopic (exact) mass is 1350 g/mol. The zero-order valence-corrected chi connectivity index (χ0v) is 45.7. The molecule has 0 aromatic heterocycles. The van der Waals surface area contributed by atoms with Crippen LogP contribution < -0.4 is 17.0 Å². The van der Waals surface area contributed by atoms with E-state index in [9.17, 15) is 116 Å². The van der Waals surface area contributed by atoms with Crippen molar-refractivity contribution in [2.75, 3.05) is 26.3 Å². The lowest BCUT2D eigenvalue weighted by Gasteiger charge is -2.43. The SMILES string of the molecule is OC(c1cc(C(F)(F)F)cc(C(F)(F)F)c1)(c1cc(C(F)(F)F)cc(C(F)(F)F)c1)c1cc2ccccc2c2c1C[N+]1(CCOCC1)Cc1c(C(O)(c3cc(C(F)(F)F)cc(C(F)(F)F)c3)c3cc(C(F)(F)F)cc(C(F)(F)F)c3)cc3ccccc3c1-2.[Br-]. The number of hydrogen-bond donors (Lipinski definition) is 2. The Kier molecular flexibility index (Phi) is 16.3. The molecule has 0 radical (unpaired) electrons. The van der Waals surface area contributed by atoms with Crippen molar-refractivity contribution in [1.82, 2.24) is 0 Å². The first-order chi connectivity index (χ1) is 40.3. The Bertz CT molecular complexity index is 3540. The average molecular weight is 1350 g/mol. The number of nitrogens with zero attached hydrogens (tertiary/aromatic N) is 1. The summed E-state index contributed by atoms with van der Waals surface area (Å²) in [4.78, 5) is 0. The van der Waals surface area contributed by atoms with Gasteiger partial charge in [0.25, 0.3) is 0 Å². The summed E-state index contributed by atoms with van der Waals surface area (Å²) in [6.07, 6.45) is -46.7. The zero-order chi connectivity index (χ0) is 64.7. The van der Waals surface area contributed by atoms with Gasteiger partial charge in [-0.2, -0.15) is 105 Å². The minimum atomic E-state index is -5.84. The smallest absolute Gasteiger partial charge is 0.416 e. The fourth-order valence-corrected chi connectivity index (χ4v) is 11.7. The molecular weight excluding hydrogens is 1320 g/mol. The second-order valence-corrected chi connectivity index (χ2v) is 21.3. The van der Waals surface area contributed by atoms with E-state index >= 15 is 0 Å². The lowest BCUT2D eigenvalue weighted by Crippen LogP contribution is -3.00. The molecule has 1 saturated heterocycles. The summed E-state index contributed by atoms with van der Waals surface area (Å²) in [5.74, 6) is 0. The van der Waals surface area contributed by atoms with Gasteiger partial charge in [-0.15, -0.1) is 0 Å². The molecule has 2 aliphatic heterocycles. The molecule has 8 aromatic rings. The van der Waals surface area contributed by atoms with Gasteiger partial charge in [0.15, 0.2) is 0 Å². The van der Waals surface area contributed by atoms with E-state index in [2.05, 4.69) is 0 Å². The summed E-state index contributed by atoms with van der Waals surface area (Å²) in [5.41, 5.74) is -37.1. The fraction of sp³-hybridized carbons (Fsp3) is 0.267. The van der Waals surface area contributed by atoms with Gasteiger partial charge in [0.05, 0.1) is 57.7 Å². The largest absolute Gasteiger partial charge is 1.00 e. The van der Waals surface area contributed by atoms with E-state index in [0.717, 1.165) is 24.3 Å². The van der Waals surface area contributed by atoms with Crippen LogP contribution in [0, 0.1) is 0 Å². The van der Waals surface area contributed by atoms with Crippen LogP contribution >= 0.6 is 0 Å². The number of morpholine rings is 1. The number of fused-ring (bicyclic) bond motifs is 7. The average Bonchev–Trinajstić information content (AvgIpc) is 1.70. The van der Waals surface area contributed by atoms with E-state index in [1.165, 1.54) is 36.4 Å². The molecule has 10 rings (SSSR count). The third kappa shape index (κ3) is 12.2. The van der Waals surface area contributed by atoms with Gasteiger partial charge in [-0.05, 0) is 140 Å². The number of benzene rings is 8. The highest BCUT2D eigenvalue weighted by atomic mass is 79.9. The molecule has 2 heterocycles. The molecule has 474 valence electrons. The number of alkyl halides is 24. The fourth-order valence-electron chi connectivity index (χ4n) is 11.7. The van der Waals surface area contributed by atoms with Gasteiger partial charge < -0.3 is 36.4 Å². The molecule has 1 fully saturated rings. The van der Waals surface area contributed by atoms with Crippen molar-refractivity contribution in [3.05, 3.63) is 222 Å². The minimum Gasteiger partial charge on any atom is -1.00 e. The third-order valence-corrected chi connectivity index (χ3v) is 15.8. The van der Waals surface area contributed by atoms with E-state index in [1.807, 2.05) is 0 Å². The lowest BCUT2D eigenvalue weighted by molar-refractivity contribution is -0.959. The Balaban J connectivity index is 0.00000941. The summed E-state index contributed by atoms with van der Waals surface area (Å²) >= 11 is 0. The van der Waals surface area contributed by atoms with Crippen molar-refractivity contribution in [3.8, 4) is 11.1 Å². The van der Waals surface area contributed by atoms with Crippen molar-refractivity contribution < 1.29 is 142 Å². The Morgan fingerprint density at radius 1 is 0.303 bits per heavy atom. The van der Waals surface area contributed by atoms with Crippen LogP contribution in [0.3, 0.4) is 0 Å². The molecule has 1 spiro atoms. The molecule has 2 N–H and O–H groups in total. The maximum Gasteiger partial charge on any atom is 0.416 e. The molecule has 29 heteroatoms. The van der Waals surface area contributed by atoms with Crippen LogP contribution in [0.5, 0.6) is 0 Å². The second kappa shape index (κ2) is 21.8. The zero-order valence-electron chi connectivity index (χ0n) is 44.1. The van der Waals surface area contributed by atoms with Crippen molar-refractivity contribution in [1.29, 1.82) is 0 Å². The van der Waals surface area contributed by atoms with Crippen LogP contribution in [0.15, 0.2) is 133 Å². The summed E-state index contributed by atoms with van der Waals surface area (Å²) in [6.45, 7) is -3.35. The summed E-state index contributed by atoms with van der Waals surface area (Å²) < 4.78 is 364. The maximum absolute atomic E-state index is 15.0. The van der Waals surface area contributed by atoms with E-state index in [4.69, 9.17) is 4.74 Å². The molecule has 0 bridgehead atoms. The van der Waals surface area contributed by atoms with Gasteiger partial charge >= 0.3 is 49.4 Å². The van der Waals surface area contributed by atoms with E-state index in [0.29, 0.717) is 0 Å². The van der Waals surface area contributed by atoms with Crippen LogP contribution in [0.25, 0.3) is 32.7 Å². The van der Waals surface area contributed by atoms with Crippen LogP contribution in [0.4, 0.5) is 105 Å². The number of quaternary nitrogens is 1. The predicted octanol–water partition coefficient (Wildman–Crippen LogP) is 15.2. The van der Waals surface area contributed by atoms with Crippen LogP contribution in [0.1, 0.15) is 89.0 Å². The number of halogens is 25. The van der Waals surface area contributed by atoms with E-state index in [-0.39, 0.29) is 87.1 Å². The van der Waals surface area contributed by atoms with E-state index in [1.54, 1.807) is 0 Å². The van der Waals surface area contributed by atoms with Crippen LogP contribution in [-0.2, 0) is 78.4 Å². The van der Waals surface area contributed by atoms with Gasteiger partial charge in [0, 0.05) is 22.3 Å². The van der Waals surface area contributed by atoms with Crippen molar-refractivity contribution in [2.24, 2.45) is 0 Å². The topological polar surface area (TPSA) is 49.7 Å². The molecule has 2 aliphatic rings. The van der Waals surface area contributed by atoms with Crippen LogP contribution in [0.2, 0.25) is 0 Å². The highest BCUT2D eigenvalue weighted by Crippen LogP contribution is 2.56. The van der Waals surface area contributed by atoms with Crippen molar-refractivity contribution in [2.45, 2.75) is 73.7 Å². The lowest BCUT2D eigenvalue weighted by atomic mass is 9.72. The molecule has 8 aromatic carbocycles. The van der Waals surface area contributed by atoms with Gasteiger partial charge in [-0.25, -0.2) is 0 Å². The standard InChI is InChI=1S/C60H36F24NO3.BrH/c61-53(62,63)35-15-31(16-36(23-35)54(64,65)66)51(86,32-17-37(55(67,68)69)24-38(18-32)56(70,71)72)47-13-29-5-1-3-7-43(29)49-45(47)27-85(9-11-88-12-10-85)28-46-48(14-30-6-2-4-8-44(30)50(46)49)52(87,33-19-39(57(73,74)75)25-40(20-33)58(76,77)78)34-21-41(59(79,80)81)26-42(22-34)60(82,83)84;/h1-8,13-26,86-87H,9-12,27-28H2;1H/q+1;/p-1. The van der Waals surface area contributed by atoms with Gasteiger partial charge in [-0.3, -0.25) is 0 Å². The number of hydrogen-bond acceptors (Lipinski definition) is 3. The maximum atomic E-state index is 15.0. The number of ether oxygens (including phenoxy) is 1. The predicted molar refractivity (Wildman–Crippen MR) is 265 cm³/mol. The van der Waals surface area contributed by atoms with Crippen molar-refractivity contribution >= 4 is 21.5 Å². The molecule has 0 aliphatic carbocycles. The third-order valence-electron chi connectivity index (χ3n) is 15.8. The molecule has 0 unspecified atom stereocenters. The quantitative estimate of drug-likeness (QED) is 0.0991. The van der Waals surface area contributed by atoms with Crippen molar-refractivity contribution in [3.63, 3.8) is 0 Å². The molecule has 89 heavy (non-hydrogen) atoms. The number of rotatable bonds is 6. The molecular formula is C60H36BrF24NO3. The second-order valence-electron chi connectivity index (χ2n) is 21.3. The summed E-state index contributed by atoms with van der Waals surface area (Å²) in [7, 11) is 0. The Hall–Kier alpha value is -7.08. The normalized spacial score (nSPS) is 15.7. The Labute approximate surface area is 495 Å². The Morgan fingerprint density at radius 2 is 0.517 bits per heavy atom. The highest BCUT2D eigenvalue weighted by molar-refractivity contribution is 6.09. The molecule has 0 atom stereocenters. The first-order valence-electron chi connectivity index (χ1n) is 25.5. The minimum absolute atomic E-state index is 0. The van der Waals surface area contributed by atoms with Gasteiger partial charge in [-0.1, -0.05) is 48.5 Å². The highest BCUT2D eigenvalue weighted by Gasteiger charge is 2.52. The first-order valence-corrected chi connectivity index (χ1v) is 25.5. The van der Waals surface area contributed by atoms with Gasteiger partial charge in [0.1, 0.15) is 37.4 Å².